The molecule has 1 atom stereocenters. The Kier molecular flexibility index (Phi) is 5.63. The molecule has 4 nitrogen and oxygen atoms in total. The fourth-order valence-electron chi connectivity index (χ4n) is 2.44. The molecule has 0 saturated carbocycles. The highest BCUT2D eigenvalue weighted by atomic mass is 16.5. The van der Waals surface area contributed by atoms with Gasteiger partial charge in [-0.25, -0.2) is 0 Å². The van der Waals surface area contributed by atoms with Gasteiger partial charge in [-0.15, -0.1) is 0 Å². The SMILES string of the molecule is CCOc1ccccc1C(CN1CCOCC1)NC. The number of benzene rings is 1. The average Bonchev–Trinajstić information content (AvgIpc) is 2.47. The minimum atomic E-state index is 0.292. The highest BCUT2D eigenvalue weighted by Gasteiger charge is 2.19. The summed E-state index contributed by atoms with van der Waals surface area (Å²) >= 11 is 0. The van der Waals surface area contributed by atoms with Crippen molar-refractivity contribution in [2.45, 2.75) is 13.0 Å². The molecule has 1 N–H and O–H groups in total. The van der Waals surface area contributed by atoms with Gasteiger partial charge in [-0.3, -0.25) is 4.90 Å². The van der Waals surface area contributed by atoms with Crippen molar-refractivity contribution in [3.05, 3.63) is 29.8 Å². The van der Waals surface area contributed by atoms with Gasteiger partial charge in [0, 0.05) is 31.2 Å². The van der Waals surface area contributed by atoms with Gasteiger partial charge in [-0.2, -0.15) is 0 Å². The number of nitrogens with one attached hydrogen (secondary N) is 1. The van der Waals surface area contributed by atoms with Crippen molar-refractivity contribution < 1.29 is 9.47 Å². The van der Waals surface area contributed by atoms with Gasteiger partial charge in [0.25, 0.3) is 0 Å². The van der Waals surface area contributed by atoms with Crippen molar-refractivity contribution in [2.75, 3.05) is 46.5 Å². The number of ether oxygens (including phenoxy) is 2. The van der Waals surface area contributed by atoms with E-state index in [0.29, 0.717) is 12.6 Å². The Morgan fingerprint density at radius 1 is 1.32 bits per heavy atom. The summed E-state index contributed by atoms with van der Waals surface area (Å²) in [5, 5.41) is 3.40. The summed E-state index contributed by atoms with van der Waals surface area (Å²) in [6.45, 7) is 7.40. The molecule has 19 heavy (non-hydrogen) atoms. The first-order chi connectivity index (χ1) is 9.35. The highest BCUT2D eigenvalue weighted by Crippen LogP contribution is 2.25. The van der Waals surface area contributed by atoms with Gasteiger partial charge in [0.2, 0.25) is 0 Å². The first-order valence-electron chi connectivity index (χ1n) is 7.04. The lowest BCUT2D eigenvalue weighted by Crippen LogP contribution is -2.41. The first kappa shape index (κ1) is 14.3. The molecular formula is C15H24N2O2. The molecule has 1 heterocycles. The van der Waals surface area contributed by atoms with Gasteiger partial charge >= 0.3 is 0 Å². The number of nitrogens with zero attached hydrogens (tertiary/aromatic N) is 1. The van der Waals surface area contributed by atoms with Crippen LogP contribution in [0.2, 0.25) is 0 Å². The van der Waals surface area contributed by atoms with Crippen LogP contribution >= 0.6 is 0 Å². The van der Waals surface area contributed by atoms with E-state index in [4.69, 9.17) is 9.47 Å². The Labute approximate surface area is 115 Å². The summed E-state index contributed by atoms with van der Waals surface area (Å²) in [4.78, 5) is 2.44. The van der Waals surface area contributed by atoms with Crippen LogP contribution in [0.25, 0.3) is 0 Å². The van der Waals surface area contributed by atoms with E-state index in [1.165, 1.54) is 5.56 Å². The zero-order chi connectivity index (χ0) is 13.5. The Bertz CT molecular complexity index is 378. The quantitative estimate of drug-likeness (QED) is 0.847. The molecule has 1 aliphatic rings. The Balaban J connectivity index is 2.07. The van der Waals surface area contributed by atoms with Gasteiger partial charge in [0.05, 0.1) is 19.8 Å². The highest BCUT2D eigenvalue weighted by molar-refractivity contribution is 5.36. The molecule has 4 heteroatoms. The molecule has 0 amide bonds. The number of likely N-dealkylation sites (N-methyl/N-ethyl adjacent to an activating group) is 1. The fourth-order valence-corrected chi connectivity index (χ4v) is 2.44. The molecule has 1 unspecified atom stereocenters. The van der Waals surface area contributed by atoms with Crippen LogP contribution in [0, 0.1) is 0 Å². The summed E-state index contributed by atoms with van der Waals surface area (Å²) in [5.74, 6) is 0.984. The largest absolute Gasteiger partial charge is 0.494 e. The number of morpholine rings is 1. The van der Waals surface area contributed by atoms with E-state index in [1.54, 1.807) is 0 Å². The van der Waals surface area contributed by atoms with Crippen LogP contribution in [0.1, 0.15) is 18.5 Å². The van der Waals surface area contributed by atoms with Crippen LogP contribution in [0.15, 0.2) is 24.3 Å². The maximum Gasteiger partial charge on any atom is 0.124 e. The Hall–Kier alpha value is -1.10. The second-order valence-electron chi connectivity index (χ2n) is 4.73. The standard InChI is InChI=1S/C15H24N2O2/c1-3-19-15-7-5-4-6-13(15)14(16-2)12-17-8-10-18-11-9-17/h4-7,14,16H,3,8-12H2,1-2H3. The second kappa shape index (κ2) is 7.48. The molecule has 106 valence electrons. The maximum absolute atomic E-state index is 5.73. The zero-order valence-electron chi connectivity index (χ0n) is 11.9. The molecule has 1 fully saturated rings. The molecule has 1 aromatic rings. The van der Waals surface area contributed by atoms with E-state index >= 15 is 0 Å². The summed E-state index contributed by atoms with van der Waals surface area (Å²) < 4.78 is 11.1. The molecule has 2 rings (SSSR count). The van der Waals surface area contributed by atoms with Gasteiger partial charge in [0.1, 0.15) is 5.75 Å². The van der Waals surface area contributed by atoms with Crippen LogP contribution in [0.4, 0.5) is 0 Å². The number of hydrogen-bond donors (Lipinski definition) is 1. The van der Waals surface area contributed by atoms with Gasteiger partial charge in [-0.05, 0) is 20.0 Å². The van der Waals surface area contributed by atoms with Crippen LogP contribution in [0.5, 0.6) is 5.75 Å². The van der Waals surface area contributed by atoms with Crippen molar-refractivity contribution in [2.24, 2.45) is 0 Å². The van der Waals surface area contributed by atoms with Crippen LogP contribution in [-0.4, -0.2) is 51.4 Å². The molecule has 1 saturated heterocycles. The molecule has 0 radical (unpaired) electrons. The lowest BCUT2D eigenvalue weighted by atomic mass is 10.0. The van der Waals surface area contributed by atoms with Crippen LogP contribution < -0.4 is 10.1 Å². The van der Waals surface area contributed by atoms with E-state index in [-0.39, 0.29) is 0 Å². The Morgan fingerprint density at radius 2 is 2.05 bits per heavy atom. The molecule has 0 aromatic heterocycles. The molecule has 0 aliphatic carbocycles. The van der Waals surface area contributed by atoms with Crippen molar-refractivity contribution in [1.29, 1.82) is 0 Å². The molecule has 0 spiro atoms. The second-order valence-corrected chi connectivity index (χ2v) is 4.73. The van der Waals surface area contributed by atoms with E-state index in [0.717, 1.165) is 38.6 Å². The van der Waals surface area contributed by atoms with Gasteiger partial charge in [-0.1, -0.05) is 18.2 Å². The van der Waals surface area contributed by atoms with E-state index in [1.807, 2.05) is 26.1 Å². The lowest BCUT2D eigenvalue weighted by Gasteiger charge is -2.31. The molecule has 0 bridgehead atoms. The predicted molar refractivity (Wildman–Crippen MR) is 76.7 cm³/mol. The summed E-state index contributed by atoms with van der Waals surface area (Å²) in [6.07, 6.45) is 0. The molecular weight excluding hydrogens is 240 g/mol. The molecule has 1 aliphatic heterocycles. The first-order valence-corrected chi connectivity index (χ1v) is 7.04. The topological polar surface area (TPSA) is 33.7 Å². The number of para-hydroxylation sites is 1. The van der Waals surface area contributed by atoms with Crippen molar-refractivity contribution in [3.8, 4) is 5.75 Å². The number of hydrogen-bond acceptors (Lipinski definition) is 4. The monoisotopic (exact) mass is 264 g/mol. The van der Waals surface area contributed by atoms with Gasteiger partial charge < -0.3 is 14.8 Å². The minimum absolute atomic E-state index is 0.292. The normalized spacial score (nSPS) is 18.2. The van der Waals surface area contributed by atoms with Crippen molar-refractivity contribution in [3.63, 3.8) is 0 Å². The zero-order valence-corrected chi connectivity index (χ0v) is 11.9. The number of rotatable bonds is 6. The van der Waals surface area contributed by atoms with E-state index in [2.05, 4.69) is 22.3 Å². The third-order valence-corrected chi connectivity index (χ3v) is 3.49. The smallest absolute Gasteiger partial charge is 0.124 e. The average molecular weight is 264 g/mol. The minimum Gasteiger partial charge on any atom is -0.494 e. The lowest BCUT2D eigenvalue weighted by molar-refractivity contribution is 0.0337. The van der Waals surface area contributed by atoms with E-state index < -0.39 is 0 Å². The summed E-state index contributed by atoms with van der Waals surface area (Å²) in [6, 6.07) is 8.58. The Morgan fingerprint density at radius 3 is 2.74 bits per heavy atom. The maximum atomic E-state index is 5.73. The van der Waals surface area contributed by atoms with E-state index in [9.17, 15) is 0 Å². The summed E-state index contributed by atoms with van der Waals surface area (Å²) in [5.41, 5.74) is 1.23. The fraction of sp³-hybridized carbons (Fsp3) is 0.600. The van der Waals surface area contributed by atoms with Gasteiger partial charge in [0.15, 0.2) is 0 Å². The summed E-state index contributed by atoms with van der Waals surface area (Å²) in [7, 11) is 2.01. The third-order valence-electron chi connectivity index (χ3n) is 3.49. The van der Waals surface area contributed by atoms with Crippen molar-refractivity contribution in [1.82, 2.24) is 10.2 Å². The molecule has 1 aromatic carbocycles. The van der Waals surface area contributed by atoms with Crippen molar-refractivity contribution >= 4 is 0 Å². The third kappa shape index (κ3) is 3.93. The van der Waals surface area contributed by atoms with Crippen LogP contribution in [0.3, 0.4) is 0 Å². The predicted octanol–water partition coefficient (Wildman–Crippen LogP) is 1.68. The van der Waals surface area contributed by atoms with Crippen LogP contribution in [-0.2, 0) is 4.74 Å².